The van der Waals surface area contributed by atoms with Gasteiger partial charge in [-0.2, -0.15) is 4.57 Å². The molecule has 0 saturated carbocycles. The smallest absolute Gasteiger partial charge is 0.205 e. The van der Waals surface area contributed by atoms with E-state index in [0.29, 0.717) is 0 Å². The summed E-state index contributed by atoms with van der Waals surface area (Å²) in [5.41, 5.74) is 9.49. The molecular weight excluding hydrogens is 382 g/mol. The summed E-state index contributed by atoms with van der Waals surface area (Å²) in [5.74, 6) is 1.85. The lowest BCUT2D eigenvalue weighted by atomic mass is 10.0. The molecule has 0 unspecified atom stereocenters. The molecule has 2 aromatic carbocycles. The first-order valence-electron chi connectivity index (χ1n) is 10.5. The first-order valence-corrected chi connectivity index (χ1v) is 10.5. The molecule has 0 aliphatic heterocycles. The Morgan fingerprint density at radius 3 is 1.39 bits per heavy atom. The average Bonchev–Trinajstić information content (AvgIpc) is 2.77. The van der Waals surface area contributed by atoms with E-state index in [9.17, 15) is 0 Å². The van der Waals surface area contributed by atoms with Gasteiger partial charge in [0.2, 0.25) is 11.4 Å². The molecule has 0 amide bonds. The topological polar surface area (TPSA) is 22.3 Å². The Labute approximate surface area is 186 Å². The highest BCUT2D eigenvalue weighted by atomic mass is 16.5. The molecule has 160 valence electrons. The van der Waals surface area contributed by atoms with Crippen LogP contribution in [0.15, 0.2) is 42.5 Å². The quantitative estimate of drug-likeness (QED) is 0.455. The van der Waals surface area contributed by atoms with Crippen molar-refractivity contribution in [3.8, 4) is 11.5 Å². The first kappa shape index (κ1) is 22.4. The zero-order valence-corrected chi connectivity index (χ0v) is 19.6. The summed E-state index contributed by atoms with van der Waals surface area (Å²) in [6, 6.07) is 14.6. The maximum atomic E-state index is 5.43. The summed E-state index contributed by atoms with van der Waals surface area (Å²) < 4.78 is 13.1. The van der Waals surface area contributed by atoms with Gasteiger partial charge in [-0.15, -0.1) is 0 Å². The van der Waals surface area contributed by atoms with Crippen LogP contribution in [0.4, 0.5) is 0 Å². The lowest BCUT2D eigenvalue weighted by Gasteiger charge is -2.10. The number of rotatable bonds is 6. The molecule has 0 spiro atoms. The lowest BCUT2D eigenvalue weighted by molar-refractivity contribution is -0.675. The van der Waals surface area contributed by atoms with E-state index >= 15 is 0 Å². The van der Waals surface area contributed by atoms with Crippen LogP contribution in [0.25, 0.3) is 24.3 Å². The Balaban J connectivity index is 1.89. The number of nitrogens with zero attached hydrogens (tertiary/aromatic N) is 1. The van der Waals surface area contributed by atoms with E-state index in [-0.39, 0.29) is 0 Å². The maximum Gasteiger partial charge on any atom is 0.205 e. The van der Waals surface area contributed by atoms with Crippen molar-refractivity contribution in [3.63, 3.8) is 0 Å². The molecule has 3 heteroatoms. The molecular formula is C28H32NO2+. The van der Waals surface area contributed by atoms with Crippen LogP contribution in [0.3, 0.4) is 0 Å². The van der Waals surface area contributed by atoms with E-state index in [1.54, 1.807) is 14.2 Å². The fraction of sp³-hybridized carbons (Fsp3) is 0.250. The van der Waals surface area contributed by atoms with Crippen molar-refractivity contribution >= 4 is 24.3 Å². The van der Waals surface area contributed by atoms with E-state index in [0.717, 1.165) is 22.9 Å². The fourth-order valence-electron chi connectivity index (χ4n) is 3.74. The van der Waals surface area contributed by atoms with Crippen molar-refractivity contribution in [3.05, 3.63) is 87.2 Å². The van der Waals surface area contributed by atoms with Gasteiger partial charge in [0.25, 0.3) is 0 Å². The van der Waals surface area contributed by atoms with Crippen LogP contribution in [0.1, 0.15) is 44.8 Å². The number of hydrogen-bond acceptors (Lipinski definition) is 2. The highest BCUT2D eigenvalue weighted by Crippen LogP contribution is 2.26. The van der Waals surface area contributed by atoms with Gasteiger partial charge in [-0.05, 0) is 91.4 Å². The summed E-state index contributed by atoms with van der Waals surface area (Å²) in [6.07, 6.45) is 8.66. The fourth-order valence-corrected chi connectivity index (χ4v) is 3.74. The molecule has 1 heterocycles. The second kappa shape index (κ2) is 9.65. The van der Waals surface area contributed by atoms with Crippen molar-refractivity contribution < 1.29 is 14.0 Å². The molecule has 0 aliphatic carbocycles. The number of hydrogen-bond donors (Lipinski definition) is 0. The summed E-state index contributed by atoms with van der Waals surface area (Å²) in [4.78, 5) is 0. The van der Waals surface area contributed by atoms with Gasteiger partial charge in [0.15, 0.2) is 0 Å². The summed E-state index contributed by atoms with van der Waals surface area (Å²) in [5, 5.41) is 0. The lowest BCUT2D eigenvalue weighted by Crippen LogP contribution is -2.35. The van der Waals surface area contributed by atoms with Crippen molar-refractivity contribution in [2.24, 2.45) is 7.05 Å². The molecule has 0 atom stereocenters. The van der Waals surface area contributed by atoms with Gasteiger partial charge in [-0.25, -0.2) is 0 Å². The normalized spacial score (nSPS) is 11.5. The third kappa shape index (κ3) is 4.72. The maximum absolute atomic E-state index is 5.43. The molecule has 3 nitrogen and oxygen atoms in total. The van der Waals surface area contributed by atoms with Crippen molar-refractivity contribution in [1.82, 2.24) is 0 Å². The van der Waals surface area contributed by atoms with Gasteiger partial charge in [-0.3, -0.25) is 0 Å². The zero-order valence-electron chi connectivity index (χ0n) is 19.6. The monoisotopic (exact) mass is 414 g/mol. The van der Waals surface area contributed by atoms with Crippen molar-refractivity contribution in [1.29, 1.82) is 0 Å². The Kier molecular flexibility index (Phi) is 6.96. The minimum atomic E-state index is 0.927. The van der Waals surface area contributed by atoms with Crippen LogP contribution in [-0.2, 0) is 7.05 Å². The summed E-state index contributed by atoms with van der Waals surface area (Å²) in [7, 11) is 5.52. The number of pyridine rings is 1. The molecule has 3 aromatic rings. The molecule has 3 rings (SSSR count). The van der Waals surface area contributed by atoms with E-state index in [2.05, 4.69) is 93.9 Å². The van der Waals surface area contributed by atoms with Gasteiger partial charge >= 0.3 is 0 Å². The highest BCUT2D eigenvalue weighted by Gasteiger charge is 2.10. The number of aromatic nitrogens is 1. The van der Waals surface area contributed by atoms with Crippen LogP contribution in [0.5, 0.6) is 11.5 Å². The van der Waals surface area contributed by atoms with Crippen LogP contribution >= 0.6 is 0 Å². The van der Waals surface area contributed by atoms with Gasteiger partial charge in [0.05, 0.1) is 14.2 Å². The largest absolute Gasteiger partial charge is 0.496 e. The van der Waals surface area contributed by atoms with E-state index in [4.69, 9.17) is 9.47 Å². The Morgan fingerprint density at radius 1 is 0.581 bits per heavy atom. The second-order valence-corrected chi connectivity index (χ2v) is 7.82. The minimum Gasteiger partial charge on any atom is -0.496 e. The molecule has 0 radical (unpaired) electrons. The third-order valence-corrected chi connectivity index (χ3v) is 6.17. The predicted octanol–water partition coefficient (Wildman–Crippen LogP) is 6.10. The molecule has 0 saturated heterocycles. The number of methoxy groups -OCH3 is 2. The molecule has 1 aromatic heterocycles. The highest BCUT2D eigenvalue weighted by molar-refractivity contribution is 5.72. The van der Waals surface area contributed by atoms with Crippen LogP contribution in [-0.4, -0.2) is 14.2 Å². The van der Waals surface area contributed by atoms with Gasteiger partial charge < -0.3 is 9.47 Å². The van der Waals surface area contributed by atoms with Crippen molar-refractivity contribution in [2.75, 3.05) is 14.2 Å². The first-order chi connectivity index (χ1) is 14.9. The molecule has 0 N–H and O–H groups in total. The van der Waals surface area contributed by atoms with Gasteiger partial charge in [0.1, 0.15) is 18.5 Å². The van der Waals surface area contributed by atoms with E-state index in [1.165, 1.54) is 33.4 Å². The Hall–Kier alpha value is -3.33. The van der Waals surface area contributed by atoms with Crippen LogP contribution in [0, 0.1) is 27.7 Å². The second-order valence-electron chi connectivity index (χ2n) is 7.82. The number of ether oxygens (including phenoxy) is 2. The van der Waals surface area contributed by atoms with Crippen LogP contribution < -0.4 is 14.0 Å². The predicted molar refractivity (Wildman–Crippen MR) is 130 cm³/mol. The standard InChI is InChI=1S/C28H32NO2/c1-19-21(3)27(30-6)17-13-23(19)11-15-25-9-8-10-26(29(25)5)16-12-24-14-18-28(31-7)22(4)20(24)2/h8-18H,1-7H3/q+1/b15-11+,16-12+. The van der Waals surface area contributed by atoms with E-state index < -0.39 is 0 Å². The van der Waals surface area contributed by atoms with Gasteiger partial charge in [0, 0.05) is 24.3 Å². The Morgan fingerprint density at radius 2 is 1.00 bits per heavy atom. The number of benzene rings is 2. The molecule has 0 aliphatic rings. The SMILES string of the molecule is COc1ccc(/C=C/c2cccc(/C=C/c3ccc(OC)c(C)c3C)[n+]2C)c(C)c1C. The molecule has 0 bridgehead atoms. The van der Waals surface area contributed by atoms with Gasteiger partial charge in [-0.1, -0.05) is 12.1 Å². The average molecular weight is 415 g/mol. The van der Waals surface area contributed by atoms with Crippen LogP contribution in [0.2, 0.25) is 0 Å². The molecule has 0 fully saturated rings. The molecule has 31 heavy (non-hydrogen) atoms. The summed E-state index contributed by atoms with van der Waals surface area (Å²) in [6.45, 7) is 8.46. The van der Waals surface area contributed by atoms with E-state index in [1.807, 2.05) is 12.1 Å². The minimum absolute atomic E-state index is 0.927. The third-order valence-electron chi connectivity index (χ3n) is 6.17. The summed E-state index contributed by atoms with van der Waals surface area (Å²) >= 11 is 0. The van der Waals surface area contributed by atoms with Crippen molar-refractivity contribution in [2.45, 2.75) is 27.7 Å². The Bertz CT molecular complexity index is 1070. The zero-order chi connectivity index (χ0) is 22.5.